The average molecular weight is 292 g/mol. The maximum atomic E-state index is 5.99. The summed E-state index contributed by atoms with van der Waals surface area (Å²) in [4.78, 5) is 4.59. The normalized spacial score (nSPS) is 18.0. The summed E-state index contributed by atoms with van der Waals surface area (Å²) in [6.45, 7) is 0.545. The first-order valence-corrected chi connectivity index (χ1v) is 6.70. The first-order chi connectivity index (χ1) is 9.22. The van der Waals surface area contributed by atoms with E-state index in [4.69, 9.17) is 27.9 Å². The molecule has 2 aromatic carbocycles. The van der Waals surface area contributed by atoms with Crippen LogP contribution in [0.1, 0.15) is 17.2 Å². The zero-order valence-electron chi connectivity index (χ0n) is 10.0. The van der Waals surface area contributed by atoms with Crippen LogP contribution in [0.5, 0.6) is 0 Å². The van der Waals surface area contributed by atoms with Crippen molar-refractivity contribution in [3.63, 3.8) is 0 Å². The van der Waals surface area contributed by atoms with E-state index in [1.807, 2.05) is 30.3 Å². The Hall–Kier alpha value is -1.51. The van der Waals surface area contributed by atoms with Gasteiger partial charge in [-0.1, -0.05) is 53.5 Å². The highest BCUT2D eigenvalue weighted by molar-refractivity contribution is 6.35. The van der Waals surface area contributed by atoms with Gasteiger partial charge in [-0.3, -0.25) is 0 Å². The van der Waals surface area contributed by atoms with Gasteiger partial charge >= 0.3 is 0 Å². The quantitative estimate of drug-likeness (QED) is 0.798. The van der Waals surface area contributed by atoms with Crippen LogP contribution in [0.3, 0.4) is 0 Å². The first-order valence-electron chi connectivity index (χ1n) is 5.94. The maximum Gasteiger partial charge on any atom is 0.216 e. The number of aliphatic imine (C=N–C) groups is 1. The van der Waals surface area contributed by atoms with Gasteiger partial charge in [0.05, 0.1) is 0 Å². The molecule has 1 aliphatic rings. The molecule has 0 bridgehead atoms. The summed E-state index contributed by atoms with van der Waals surface area (Å²) in [6.07, 6.45) is 0. The van der Waals surface area contributed by atoms with E-state index in [1.54, 1.807) is 18.2 Å². The van der Waals surface area contributed by atoms with E-state index in [0.717, 1.165) is 11.1 Å². The summed E-state index contributed by atoms with van der Waals surface area (Å²) < 4.78 is 5.65. The monoisotopic (exact) mass is 291 g/mol. The zero-order valence-corrected chi connectivity index (χ0v) is 11.5. The van der Waals surface area contributed by atoms with Crippen molar-refractivity contribution in [2.24, 2.45) is 4.99 Å². The molecule has 3 rings (SSSR count). The van der Waals surface area contributed by atoms with E-state index in [0.29, 0.717) is 22.5 Å². The van der Waals surface area contributed by atoms with Crippen LogP contribution in [0.15, 0.2) is 53.5 Å². The van der Waals surface area contributed by atoms with Gasteiger partial charge in [-0.25, -0.2) is 4.99 Å². The fourth-order valence-corrected chi connectivity index (χ4v) is 2.58. The van der Waals surface area contributed by atoms with Crippen LogP contribution in [0.2, 0.25) is 10.0 Å². The van der Waals surface area contributed by atoms with Crippen molar-refractivity contribution < 1.29 is 4.74 Å². The van der Waals surface area contributed by atoms with Crippen LogP contribution in [0, 0.1) is 0 Å². The van der Waals surface area contributed by atoms with Gasteiger partial charge in [0, 0.05) is 15.6 Å². The van der Waals surface area contributed by atoms with Crippen molar-refractivity contribution in [1.82, 2.24) is 0 Å². The van der Waals surface area contributed by atoms with Gasteiger partial charge in [-0.15, -0.1) is 0 Å². The van der Waals surface area contributed by atoms with Crippen molar-refractivity contribution in [3.8, 4) is 0 Å². The molecule has 1 atom stereocenters. The second-order valence-electron chi connectivity index (χ2n) is 4.33. The summed E-state index contributed by atoms with van der Waals surface area (Å²) in [5.41, 5.74) is 1.96. The van der Waals surface area contributed by atoms with Crippen molar-refractivity contribution in [2.45, 2.75) is 6.04 Å². The Morgan fingerprint density at radius 1 is 1.00 bits per heavy atom. The lowest BCUT2D eigenvalue weighted by Crippen LogP contribution is -2.01. The Bertz CT molecular complexity index is 605. The van der Waals surface area contributed by atoms with Crippen LogP contribution in [-0.2, 0) is 4.74 Å². The molecule has 0 saturated carbocycles. The van der Waals surface area contributed by atoms with Crippen molar-refractivity contribution in [2.75, 3.05) is 6.61 Å². The van der Waals surface area contributed by atoms with E-state index in [2.05, 4.69) is 4.99 Å². The first kappa shape index (κ1) is 12.5. The Labute approximate surface area is 121 Å². The fraction of sp³-hybridized carbons (Fsp3) is 0.133. The van der Waals surface area contributed by atoms with Gasteiger partial charge in [0.1, 0.15) is 12.6 Å². The summed E-state index contributed by atoms with van der Waals surface area (Å²) in [6, 6.07) is 15.4. The van der Waals surface area contributed by atoms with Crippen molar-refractivity contribution >= 4 is 29.1 Å². The standard InChI is InChI=1S/C15H11Cl2NO/c16-12-6-11(7-13(17)8-12)15-18-14(9-19-15)10-4-2-1-3-5-10/h1-8,14H,9H2/t14-/m0/s1. The molecular formula is C15H11Cl2NO. The number of hydrogen-bond donors (Lipinski definition) is 0. The molecule has 2 aromatic rings. The minimum Gasteiger partial charge on any atom is -0.475 e. The molecule has 0 fully saturated rings. The molecule has 0 saturated heterocycles. The average Bonchev–Trinajstić information content (AvgIpc) is 2.88. The Morgan fingerprint density at radius 3 is 2.37 bits per heavy atom. The number of halogens is 2. The van der Waals surface area contributed by atoms with Crippen LogP contribution >= 0.6 is 23.2 Å². The SMILES string of the molecule is Clc1cc(Cl)cc(C2=N[C@H](c3ccccc3)CO2)c1. The van der Waals surface area contributed by atoms with Gasteiger partial charge in [0.25, 0.3) is 0 Å². The molecule has 19 heavy (non-hydrogen) atoms. The highest BCUT2D eigenvalue weighted by Crippen LogP contribution is 2.27. The third-order valence-corrected chi connectivity index (χ3v) is 3.38. The molecule has 0 aromatic heterocycles. The summed E-state index contributed by atoms with van der Waals surface area (Å²) >= 11 is 12.0. The molecule has 0 amide bonds. The molecule has 96 valence electrons. The van der Waals surface area contributed by atoms with Crippen molar-refractivity contribution in [1.29, 1.82) is 0 Å². The predicted molar refractivity (Wildman–Crippen MR) is 78.1 cm³/mol. The summed E-state index contributed by atoms with van der Waals surface area (Å²) in [7, 11) is 0. The third kappa shape index (κ3) is 2.75. The maximum absolute atomic E-state index is 5.99. The minimum atomic E-state index is 0.0361. The van der Waals surface area contributed by atoms with Crippen molar-refractivity contribution in [3.05, 3.63) is 69.7 Å². The molecule has 0 radical (unpaired) electrons. The molecule has 1 heterocycles. The summed E-state index contributed by atoms with van der Waals surface area (Å²) in [5, 5.41) is 1.16. The Morgan fingerprint density at radius 2 is 1.68 bits per heavy atom. The van der Waals surface area contributed by atoms with Gasteiger partial charge in [-0.2, -0.15) is 0 Å². The molecule has 2 nitrogen and oxygen atoms in total. The summed E-state index contributed by atoms with van der Waals surface area (Å²) in [5.74, 6) is 0.596. The lowest BCUT2D eigenvalue weighted by Gasteiger charge is -2.03. The number of ether oxygens (including phenoxy) is 1. The predicted octanol–water partition coefficient (Wildman–Crippen LogP) is 4.51. The van der Waals surface area contributed by atoms with Gasteiger partial charge < -0.3 is 4.74 Å². The third-order valence-electron chi connectivity index (χ3n) is 2.94. The van der Waals surface area contributed by atoms with Gasteiger partial charge in [-0.05, 0) is 23.8 Å². The topological polar surface area (TPSA) is 21.6 Å². The number of hydrogen-bond acceptors (Lipinski definition) is 2. The minimum absolute atomic E-state index is 0.0361. The lowest BCUT2D eigenvalue weighted by molar-refractivity contribution is 0.320. The molecular weight excluding hydrogens is 281 g/mol. The van der Waals surface area contributed by atoms with E-state index in [1.165, 1.54) is 0 Å². The van der Waals surface area contributed by atoms with E-state index >= 15 is 0 Å². The number of benzene rings is 2. The molecule has 0 unspecified atom stereocenters. The Balaban J connectivity index is 1.91. The van der Waals surface area contributed by atoms with Crippen LogP contribution in [-0.4, -0.2) is 12.5 Å². The molecule has 4 heteroatoms. The lowest BCUT2D eigenvalue weighted by atomic mass is 10.1. The smallest absolute Gasteiger partial charge is 0.216 e. The molecule has 0 aliphatic carbocycles. The van der Waals surface area contributed by atoms with E-state index in [-0.39, 0.29) is 6.04 Å². The highest BCUT2D eigenvalue weighted by Gasteiger charge is 2.21. The number of rotatable bonds is 2. The van der Waals surface area contributed by atoms with Crippen LogP contribution < -0.4 is 0 Å². The fourth-order valence-electron chi connectivity index (χ4n) is 2.06. The number of nitrogens with zero attached hydrogens (tertiary/aromatic N) is 1. The van der Waals surface area contributed by atoms with Gasteiger partial charge in [0.15, 0.2) is 0 Å². The second-order valence-corrected chi connectivity index (χ2v) is 5.20. The molecule has 1 aliphatic heterocycles. The van der Waals surface area contributed by atoms with E-state index in [9.17, 15) is 0 Å². The second kappa shape index (κ2) is 5.24. The molecule has 0 spiro atoms. The van der Waals surface area contributed by atoms with Crippen LogP contribution in [0.4, 0.5) is 0 Å². The van der Waals surface area contributed by atoms with E-state index < -0.39 is 0 Å². The largest absolute Gasteiger partial charge is 0.475 e. The van der Waals surface area contributed by atoms with Gasteiger partial charge in [0.2, 0.25) is 5.90 Å². The highest BCUT2D eigenvalue weighted by atomic mass is 35.5. The Kier molecular flexibility index (Phi) is 3.45. The zero-order chi connectivity index (χ0) is 13.2. The van der Waals surface area contributed by atoms with Crippen LogP contribution in [0.25, 0.3) is 0 Å². The molecule has 0 N–H and O–H groups in total.